The largest absolute Gasteiger partial charge is 0.401 e. The minimum atomic E-state index is -4.46. The number of carbonyl (C=O) groups excluding carboxylic acids is 1. The Morgan fingerprint density at radius 3 is 2.59 bits per heavy atom. The summed E-state index contributed by atoms with van der Waals surface area (Å²) in [6.07, 6.45) is 5.48. The molecule has 1 aliphatic carbocycles. The maximum atomic E-state index is 14.9. The van der Waals surface area contributed by atoms with E-state index in [0.29, 0.717) is 23.4 Å². The van der Waals surface area contributed by atoms with Crippen molar-refractivity contribution in [1.82, 2.24) is 24.9 Å². The van der Waals surface area contributed by atoms with E-state index in [1.165, 1.54) is 12.1 Å². The Bertz CT molecular complexity index is 1540. The molecule has 1 atom stereocenters. The molecular formula is C28H26F4N6O3. The van der Waals surface area contributed by atoms with Crippen molar-refractivity contribution in [3.05, 3.63) is 77.6 Å². The fourth-order valence-electron chi connectivity index (χ4n) is 4.92. The van der Waals surface area contributed by atoms with Crippen LogP contribution in [0.15, 0.2) is 53.6 Å². The maximum absolute atomic E-state index is 14.9. The smallest absolute Gasteiger partial charge is 0.358 e. The Kier molecular flexibility index (Phi) is 7.06. The second-order valence-corrected chi connectivity index (χ2v) is 10.4. The molecule has 1 N–H and O–H groups in total. The summed E-state index contributed by atoms with van der Waals surface area (Å²) in [5, 5.41) is 10.3. The standard InChI is InChI=1S/C28H26F4N6O3/c29-21-10-18(20-14-33-23(34-15-20)9-17-13-35-38(16-17)26-3-1-2-8-40-26)4-5-19(21)11-25(39)36-24-12-22(41-37-24)27(6-7-27)28(30,31)32/h4-5,10,12-16,26H,1-3,6-9,11H2,(H,36,37,39). The van der Waals surface area contributed by atoms with E-state index < -0.39 is 23.3 Å². The summed E-state index contributed by atoms with van der Waals surface area (Å²) in [4.78, 5) is 21.2. The molecule has 6 rings (SSSR count). The van der Waals surface area contributed by atoms with Crippen LogP contribution in [0, 0.1) is 5.82 Å². The fraction of sp³-hybridized carbons (Fsp3) is 0.393. The first-order valence-electron chi connectivity index (χ1n) is 13.3. The number of anilines is 1. The molecule has 1 aromatic carbocycles. The predicted octanol–water partition coefficient (Wildman–Crippen LogP) is 5.53. The maximum Gasteiger partial charge on any atom is 0.401 e. The summed E-state index contributed by atoms with van der Waals surface area (Å²) < 4.78 is 67.1. The van der Waals surface area contributed by atoms with Crippen LogP contribution in [-0.2, 0) is 27.8 Å². The fourth-order valence-corrected chi connectivity index (χ4v) is 4.92. The van der Waals surface area contributed by atoms with E-state index in [1.54, 1.807) is 24.7 Å². The van der Waals surface area contributed by atoms with Crippen molar-refractivity contribution < 1.29 is 31.6 Å². The molecule has 0 spiro atoms. The molecule has 1 saturated carbocycles. The van der Waals surface area contributed by atoms with Gasteiger partial charge in [0.15, 0.2) is 11.6 Å². The van der Waals surface area contributed by atoms with Gasteiger partial charge in [-0.05, 0) is 54.9 Å². The monoisotopic (exact) mass is 570 g/mol. The van der Waals surface area contributed by atoms with Crippen molar-refractivity contribution in [2.45, 2.75) is 62.8 Å². The van der Waals surface area contributed by atoms with Gasteiger partial charge in [-0.25, -0.2) is 19.0 Å². The second-order valence-electron chi connectivity index (χ2n) is 10.4. The lowest BCUT2D eigenvalue weighted by molar-refractivity contribution is -0.165. The highest BCUT2D eigenvalue weighted by Gasteiger charge is 2.66. The van der Waals surface area contributed by atoms with Crippen LogP contribution in [0.1, 0.15) is 61.0 Å². The first-order valence-corrected chi connectivity index (χ1v) is 13.3. The van der Waals surface area contributed by atoms with E-state index in [4.69, 9.17) is 9.26 Å². The molecule has 2 fully saturated rings. The van der Waals surface area contributed by atoms with Gasteiger partial charge in [0.1, 0.15) is 23.3 Å². The lowest BCUT2D eigenvalue weighted by Gasteiger charge is -2.22. The van der Waals surface area contributed by atoms with Gasteiger partial charge in [0.2, 0.25) is 5.91 Å². The van der Waals surface area contributed by atoms with Crippen LogP contribution >= 0.6 is 0 Å². The Balaban J connectivity index is 1.06. The lowest BCUT2D eigenvalue weighted by Crippen LogP contribution is -2.28. The van der Waals surface area contributed by atoms with Crippen molar-refractivity contribution in [1.29, 1.82) is 0 Å². The lowest BCUT2D eigenvalue weighted by atomic mass is 10.0. The minimum absolute atomic E-state index is 0.0435. The number of aromatic nitrogens is 5. The van der Waals surface area contributed by atoms with E-state index in [0.717, 1.165) is 37.5 Å². The van der Waals surface area contributed by atoms with E-state index in [-0.39, 0.29) is 42.6 Å². The molecule has 1 aliphatic heterocycles. The van der Waals surface area contributed by atoms with Crippen molar-refractivity contribution in [2.75, 3.05) is 11.9 Å². The SMILES string of the molecule is O=C(Cc1ccc(-c2cnc(Cc3cnn(C4CCCCO4)c3)nc2)cc1F)Nc1cc(C2(C(F)(F)F)CC2)on1. The number of nitrogens with zero attached hydrogens (tertiary/aromatic N) is 5. The molecule has 13 heteroatoms. The highest BCUT2D eigenvalue weighted by molar-refractivity contribution is 5.91. The molecule has 3 aromatic heterocycles. The van der Waals surface area contributed by atoms with Crippen LogP contribution < -0.4 is 5.32 Å². The van der Waals surface area contributed by atoms with Gasteiger partial charge in [0.25, 0.3) is 0 Å². The molecule has 9 nitrogen and oxygen atoms in total. The normalized spacial score (nSPS) is 18.3. The summed E-state index contributed by atoms with van der Waals surface area (Å²) >= 11 is 0. The number of hydrogen-bond donors (Lipinski definition) is 1. The number of nitrogens with one attached hydrogen (secondary N) is 1. The molecular weight excluding hydrogens is 544 g/mol. The Labute approximate surface area is 231 Å². The van der Waals surface area contributed by atoms with Gasteiger partial charge in [0.05, 0.1) is 12.6 Å². The first kappa shape index (κ1) is 27.1. The van der Waals surface area contributed by atoms with Crippen LogP contribution in [0.2, 0.25) is 0 Å². The van der Waals surface area contributed by atoms with Crippen LogP contribution in [0.3, 0.4) is 0 Å². The van der Waals surface area contributed by atoms with Crippen LogP contribution in [0.25, 0.3) is 11.1 Å². The van der Waals surface area contributed by atoms with Crippen LogP contribution in [0.4, 0.5) is 23.4 Å². The summed E-state index contributed by atoms with van der Waals surface area (Å²) in [7, 11) is 0. The van der Waals surface area contributed by atoms with Crippen LogP contribution in [0.5, 0.6) is 0 Å². The van der Waals surface area contributed by atoms with Gasteiger partial charge in [-0.2, -0.15) is 18.3 Å². The minimum Gasteiger partial charge on any atom is -0.358 e. The number of amides is 1. The Hall–Kier alpha value is -4.13. The van der Waals surface area contributed by atoms with Crippen LogP contribution in [-0.4, -0.2) is 43.6 Å². The Morgan fingerprint density at radius 2 is 1.90 bits per heavy atom. The van der Waals surface area contributed by atoms with E-state index in [1.807, 2.05) is 10.9 Å². The molecule has 1 saturated heterocycles. The van der Waals surface area contributed by atoms with Gasteiger partial charge in [-0.3, -0.25) is 4.79 Å². The van der Waals surface area contributed by atoms with E-state index >= 15 is 0 Å². The third kappa shape index (κ3) is 5.71. The number of benzene rings is 1. The molecule has 214 valence electrons. The summed E-state index contributed by atoms with van der Waals surface area (Å²) in [5.74, 6) is -1.16. The number of carbonyl (C=O) groups is 1. The average molecular weight is 571 g/mol. The van der Waals surface area contributed by atoms with Gasteiger partial charge in [-0.15, -0.1) is 0 Å². The number of halogens is 4. The summed E-state index contributed by atoms with van der Waals surface area (Å²) in [5.41, 5.74) is 0.155. The molecule has 2 aliphatic rings. The summed E-state index contributed by atoms with van der Waals surface area (Å²) in [6, 6.07) is 5.46. The van der Waals surface area contributed by atoms with E-state index in [9.17, 15) is 22.4 Å². The average Bonchev–Trinajstić information content (AvgIpc) is 3.45. The number of alkyl halides is 3. The third-order valence-corrected chi connectivity index (χ3v) is 7.45. The zero-order valence-electron chi connectivity index (χ0n) is 21.8. The quantitative estimate of drug-likeness (QED) is 0.278. The van der Waals surface area contributed by atoms with E-state index in [2.05, 4.69) is 25.5 Å². The zero-order valence-corrected chi connectivity index (χ0v) is 21.8. The topological polar surface area (TPSA) is 108 Å². The highest BCUT2D eigenvalue weighted by Crippen LogP contribution is 2.59. The van der Waals surface area contributed by atoms with Crippen molar-refractivity contribution in [2.24, 2.45) is 0 Å². The van der Waals surface area contributed by atoms with Gasteiger partial charge >= 0.3 is 6.18 Å². The molecule has 4 heterocycles. The number of ether oxygens (including phenoxy) is 1. The van der Waals surface area contributed by atoms with Gasteiger partial charge < -0.3 is 14.6 Å². The van der Waals surface area contributed by atoms with Crippen molar-refractivity contribution in [3.63, 3.8) is 0 Å². The molecule has 1 unspecified atom stereocenters. The summed E-state index contributed by atoms with van der Waals surface area (Å²) in [6.45, 7) is 0.734. The van der Waals surface area contributed by atoms with Crippen molar-refractivity contribution in [3.8, 4) is 11.1 Å². The number of rotatable bonds is 8. The van der Waals surface area contributed by atoms with Gasteiger partial charge in [0, 0.05) is 43.2 Å². The van der Waals surface area contributed by atoms with Gasteiger partial charge in [-0.1, -0.05) is 17.3 Å². The highest BCUT2D eigenvalue weighted by atomic mass is 19.4. The first-order chi connectivity index (χ1) is 19.7. The molecule has 0 radical (unpaired) electrons. The molecule has 41 heavy (non-hydrogen) atoms. The third-order valence-electron chi connectivity index (χ3n) is 7.45. The molecule has 4 aromatic rings. The van der Waals surface area contributed by atoms with Crippen molar-refractivity contribution >= 4 is 11.7 Å². The second kappa shape index (κ2) is 10.7. The molecule has 1 amide bonds. The Morgan fingerprint density at radius 1 is 1.10 bits per heavy atom. The predicted molar refractivity (Wildman–Crippen MR) is 137 cm³/mol. The zero-order chi connectivity index (χ0) is 28.6. The number of hydrogen-bond acceptors (Lipinski definition) is 7. The molecule has 0 bridgehead atoms.